The molecule has 3 aromatic carbocycles. The van der Waals surface area contributed by atoms with Crippen molar-refractivity contribution in [2.75, 3.05) is 0 Å². The van der Waals surface area contributed by atoms with Gasteiger partial charge in [-0.05, 0) is 17.7 Å². The Kier molecular flexibility index (Phi) is 3.84. The van der Waals surface area contributed by atoms with Crippen LogP contribution in [0.2, 0.25) is 0 Å². The highest BCUT2D eigenvalue weighted by atomic mass is 16.6. The minimum atomic E-state index is -0.489. The summed E-state index contributed by atoms with van der Waals surface area (Å²) in [6.07, 6.45) is 1.68. The van der Waals surface area contributed by atoms with Crippen LogP contribution >= 0.6 is 0 Å². The molecule has 2 aliphatic rings. The second-order valence-corrected chi connectivity index (χ2v) is 6.77. The molecule has 2 unspecified atom stereocenters. The zero-order valence-corrected chi connectivity index (χ0v) is 14.9. The van der Waals surface area contributed by atoms with Gasteiger partial charge >= 0.3 is 0 Å². The standard InChI is InChI=1S/C22H17N3O3/c26-25(27)17-10-6-9-16(13-17)22-24-20(18-11-4-5-12-21(18)28-22)14-19(23-24)15-7-2-1-3-8-15/h1-14,20,22-23H. The van der Waals surface area contributed by atoms with Gasteiger partial charge in [0.15, 0.2) is 6.23 Å². The molecule has 138 valence electrons. The predicted molar refractivity (Wildman–Crippen MR) is 105 cm³/mol. The fourth-order valence-electron chi connectivity index (χ4n) is 3.74. The Morgan fingerprint density at radius 2 is 1.75 bits per heavy atom. The zero-order valence-electron chi connectivity index (χ0n) is 14.9. The van der Waals surface area contributed by atoms with Gasteiger partial charge in [0.1, 0.15) is 5.75 Å². The van der Waals surface area contributed by atoms with Crippen molar-refractivity contribution in [1.29, 1.82) is 0 Å². The Labute approximate surface area is 161 Å². The van der Waals surface area contributed by atoms with E-state index in [0.29, 0.717) is 0 Å². The van der Waals surface area contributed by atoms with Crippen molar-refractivity contribution in [3.8, 4) is 5.75 Å². The van der Waals surface area contributed by atoms with Crippen LogP contribution in [0.1, 0.15) is 29.0 Å². The highest BCUT2D eigenvalue weighted by Gasteiger charge is 2.40. The summed E-state index contributed by atoms with van der Waals surface area (Å²) in [5, 5.41) is 13.2. The fourth-order valence-corrected chi connectivity index (χ4v) is 3.74. The number of non-ortho nitro benzene ring substituents is 1. The summed E-state index contributed by atoms with van der Waals surface area (Å²) in [7, 11) is 0. The van der Waals surface area contributed by atoms with Gasteiger partial charge in [-0.2, -0.15) is 5.01 Å². The Hall–Kier alpha value is -3.64. The molecule has 0 bridgehead atoms. The summed E-state index contributed by atoms with van der Waals surface area (Å²) in [5.41, 5.74) is 7.34. The number of hydrazine groups is 1. The normalized spacial score (nSPS) is 20.4. The number of ether oxygens (including phenoxy) is 1. The molecule has 28 heavy (non-hydrogen) atoms. The Morgan fingerprint density at radius 1 is 0.964 bits per heavy atom. The van der Waals surface area contributed by atoms with E-state index in [1.54, 1.807) is 12.1 Å². The first kappa shape index (κ1) is 16.5. The third-order valence-corrected chi connectivity index (χ3v) is 5.05. The fraction of sp³-hybridized carbons (Fsp3) is 0.0909. The van der Waals surface area contributed by atoms with E-state index in [1.807, 2.05) is 65.7 Å². The molecular formula is C22H17N3O3. The third kappa shape index (κ3) is 2.71. The SMILES string of the molecule is O=[N+]([O-])c1cccc(C2Oc3ccccc3C3C=C(c4ccccc4)NN32)c1. The van der Waals surface area contributed by atoms with E-state index in [0.717, 1.165) is 28.1 Å². The van der Waals surface area contributed by atoms with E-state index >= 15 is 0 Å². The van der Waals surface area contributed by atoms with Crippen LogP contribution in [0.3, 0.4) is 0 Å². The lowest BCUT2D eigenvalue weighted by Crippen LogP contribution is -2.43. The number of nitro groups is 1. The molecule has 1 N–H and O–H groups in total. The maximum atomic E-state index is 11.2. The van der Waals surface area contributed by atoms with E-state index in [2.05, 4.69) is 11.5 Å². The van der Waals surface area contributed by atoms with Crippen LogP contribution < -0.4 is 10.2 Å². The summed E-state index contributed by atoms with van der Waals surface area (Å²) >= 11 is 0. The lowest BCUT2D eigenvalue weighted by atomic mass is 10.0. The molecule has 0 spiro atoms. The maximum Gasteiger partial charge on any atom is 0.269 e. The highest BCUT2D eigenvalue weighted by molar-refractivity contribution is 5.67. The number of nitrogens with zero attached hydrogens (tertiary/aromatic N) is 2. The number of hydrogen-bond acceptors (Lipinski definition) is 5. The average Bonchev–Trinajstić information content (AvgIpc) is 3.20. The van der Waals surface area contributed by atoms with Crippen molar-refractivity contribution in [2.45, 2.75) is 12.3 Å². The van der Waals surface area contributed by atoms with Crippen molar-refractivity contribution in [3.05, 3.63) is 112 Å². The van der Waals surface area contributed by atoms with Crippen LogP contribution in [0.15, 0.2) is 84.9 Å². The number of nitrogens with one attached hydrogen (secondary N) is 1. The van der Waals surface area contributed by atoms with Gasteiger partial charge in [-0.3, -0.25) is 10.1 Å². The van der Waals surface area contributed by atoms with E-state index in [4.69, 9.17) is 4.74 Å². The van der Waals surface area contributed by atoms with E-state index < -0.39 is 6.23 Å². The second-order valence-electron chi connectivity index (χ2n) is 6.77. The minimum absolute atomic E-state index is 0.0376. The number of benzene rings is 3. The van der Waals surface area contributed by atoms with Gasteiger partial charge in [0.25, 0.3) is 5.69 Å². The first-order chi connectivity index (χ1) is 13.7. The molecule has 0 saturated heterocycles. The lowest BCUT2D eigenvalue weighted by molar-refractivity contribution is -0.385. The largest absolute Gasteiger partial charge is 0.469 e. The van der Waals surface area contributed by atoms with Gasteiger partial charge in [-0.15, -0.1) is 0 Å². The Morgan fingerprint density at radius 3 is 2.57 bits per heavy atom. The minimum Gasteiger partial charge on any atom is -0.469 e. The van der Waals surface area contributed by atoms with E-state index in [9.17, 15) is 10.1 Å². The van der Waals surface area contributed by atoms with Crippen LogP contribution in [-0.2, 0) is 0 Å². The van der Waals surface area contributed by atoms with Gasteiger partial charge < -0.3 is 10.2 Å². The molecule has 5 rings (SSSR count). The molecule has 0 amide bonds. The average molecular weight is 371 g/mol. The molecule has 2 atom stereocenters. The lowest BCUT2D eigenvalue weighted by Gasteiger charge is -2.38. The molecule has 6 nitrogen and oxygen atoms in total. The molecule has 2 heterocycles. The summed E-state index contributed by atoms with van der Waals surface area (Å²) in [4.78, 5) is 10.8. The molecule has 0 radical (unpaired) electrons. The number of para-hydroxylation sites is 1. The second kappa shape index (κ2) is 6.51. The first-order valence-corrected chi connectivity index (χ1v) is 9.03. The van der Waals surface area contributed by atoms with Gasteiger partial charge in [-0.25, -0.2) is 0 Å². The highest BCUT2D eigenvalue weighted by Crippen LogP contribution is 2.46. The van der Waals surface area contributed by atoms with E-state index in [1.165, 1.54) is 6.07 Å². The quantitative estimate of drug-likeness (QED) is 0.539. The third-order valence-electron chi connectivity index (χ3n) is 5.05. The van der Waals surface area contributed by atoms with Gasteiger partial charge in [0.05, 0.1) is 16.7 Å². The molecule has 0 aromatic heterocycles. The zero-order chi connectivity index (χ0) is 19.1. The number of fused-ring (bicyclic) bond motifs is 3. The van der Waals surface area contributed by atoms with Gasteiger partial charge in [-0.1, -0.05) is 60.7 Å². The predicted octanol–water partition coefficient (Wildman–Crippen LogP) is 4.59. The molecule has 6 heteroatoms. The summed E-state index contributed by atoms with van der Waals surface area (Å²) in [6, 6.07) is 24.5. The first-order valence-electron chi connectivity index (χ1n) is 9.03. The molecule has 0 saturated carbocycles. The van der Waals surface area contributed by atoms with Crippen molar-refractivity contribution in [2.24, 2.45) is 0 Å². The van der Waals surface area contributed by atoms with Crippen LogP contribution in [0.5, 0.6) is 5.75 Å². The maximum absolute atomic E-state index is 11.2. The Balaban J connectivity index is 1.59. The monoisotopic (exact) mass is 371 g/mol. The van der Waals surface area contributed by atoms with Crippen molar-refractivity contribution in [3.63, 3.8) is 0 Å². The van der Waals surface area contributed by atoms with Crippen molar-refractivity contribution in [1.82, 2.24) is 10.4 Å². The summed E-state index contributed by atoms with van der Waals surface area (Å²) < 4.78 is 6.26. The molecule has 0 aliphatic carbocycles. The number of rotatable bonds is 3. The smallest absolute Gasteiger partial charge is 0.269 e. The Bertz CT molecular complexity index is 1080. The number of hydrogen-bond donors (Lipinski definition) is 1. The molecular weight excluding hydrogens is 354 g/mol. The van der Waals surface area contributed by atoms with Gasteiger partial charge in [0, 0.05) is 23.3 Å². The summed E-state index contributed by atoms with van der Waals surface area (Å²) in [6.45, 7) is 0. The van der Waals surface area contributed by atoms with Crippen LogP contribution in [0.4, 0.5) is 5.69 Å². The van der Waals surface area contributed by atoms with Crippen molar-refractivity contribution < 1.29 is 9.66 Å². The molecule has 3 aromatic rings. The van der Waals surface area contributed by atoms with Crippen molar-refractivity contribution >= 4 is 11.4 Å². The number of nitro benzene ring substituents is 1. The molecule has 2 aliphatic heterocycles. The topological polar surface area (TPSA) is 67.6 Å². The summed E-state index contributed by atoms with van der Waals surface area (Å²) in [5.74, 6) is 0.785. The van der Waals surface area contributed by atoms with Crippen LogP contribution in [0.25, 0.3) is 5.70 Å². The van der Waals surface area contributed by atoms with Crippen LogP contribution in [0, 0.1) is 10.1 Å². The van der Waals surface area contributed by atoms with Gasteiger partial charge in [0.2, 0.25) is 0 Å². The van der Waals surface area contributed by atoms with E-state index in [-0.39, 0.29) is 16.7 Å². The molecule has 0 fully saturated rings. The van der Waals surface area contributed by atoms with Crippen LogP contribution in [-0.4, -0.2) is 9.93 Å².